The molecule has 1 atom stereocenters. The van der Waals surface area contributed by atoms with Gasteiger partial charge in [0.1, 0.15) is 13.2 Å². The molecule has 2 aliphatic rings. The summed E-state index contributed by atoms with van der Waals surface area (Å²) in [5, 5.41) is 6.88. The van der Waals surface area contributed by atoms with Crippen LogP contribution in [-0.4, -0.2) is 96.6 Å². The SMILES string of the molecule is COCC(=O)N(CCN1CCOCC1)CC(=O)N1N=C(c2cccn2C)C[C@@H]1c1ccc(Cl)cc1. The number of hydrogen-bond acceptors (Lipinski definition) is 6. The highest BCUT2D eigenvalue weighted by molar-refractivity contribution is 6.30. The van der Waals surface area contributed by atoms with Crippen molar-refractivity contribution >= 4 is 29.1 Å². The van der Waals surface area contributed by atoms with Crippen molar-refractivity contribution in [3.05, 3.63) is 58.9 Å². The summed E-state index contributed by atoms with van der Waals surface area (Å²) in [4.78, 5) is 30.2. The molecule has 35 heavy (non-hydrogen) atoms. The number of aryl methyl sites for hydroxylation is 1. The van der Waals surface area contributed by atoms with Gasteiger partial charge in [-0.1, -0.05) is 23.7 Å². The summed E-state index contributed by atoms with van der Waals surface area (Å²) < 4.78 is 12.5. The predicted molar refractivity (Wildman–Crippen MR) is 133 cm³/mol. The molecule has 0 radical (unpaired) electrons. The summed E-state index contributed by atoms with van der Waals surface area (Å²) in [6.45, 7) is 3.95. The van der Waals surface area contributed by atoms with E-state index in [0.29, 0.717) is 37.7 Å². The average Bonchev–Trinajstić information content (AvgIpc) is 3.49. The minimum Gasteiger partial charge on any atom is -0.379 e. The van der Waals surface area contributed by atoms with E-state index in [-0.39, 0.29) is 31.0 Å². The number of benzene rings is 1. The highest BCUT2D eigenvalue weighted by atomic mass is 35.5. The Labute approximate surface area is 210 Å². The van der Waals surface area contributed by atoms with Crippen LogP contribution in [0.25, 0.3) is 0 Å². The van der Waals surface area contributed by atoms with Crippen molar-refractivity contribution in [2.75, 3.05) is 59.7 Å². The highest BCUT2D eigenvalue weighted by Crippen LogP contribution is 2.33. The monoisotopic (exact) mass is 501 g/mol. The average molecular weight is 502 g/mol. The molecule has 0 bridgehead atoms. The Morgan fingerprint density at radius 2 is 1.94 bits per heavy atom. The van der Waals surface area contributed by atoms with Crippen LogP contribution in [0.5, 0.6) is 0 Å². The van der Waals surface area contributed by atoms with Gasteiger partial charge in [0.2, 0.25) is 5.91 Å². The number of hydrazone groups is 1. The quantitative estimate of drug-likeness (QED) is 0.526. The van der Waals surface area contributed by atoms with E-state index in [2.05, 4.69) is 4.90 Å². The first-order valence-corrected chi connectivity index (χ1v) is 12.2. The number of aromatic nitrogens is 1. The molecule has 0 saturated carbocycles. The molecule has 2 aromatic rings. The van der Waals surface area contributed by atoms with Crippen LogP contribution in [0.1, 0.15) is 23.7 Å². The zero-order chi connectivity index (χ0) is 24.8. The molecule has 2 aliphatic heterocycles. The lowest BCUT2D eigenvalue weighted by atomic mass is 10.0. The molecule has 1 aromatic carbocycles. The van der Waals surface area contributed by atoms with E-state index >= 15 is 0 Å². The van der Waals surface area contributed by atoms with Crippen LogP contribution >= 0.6 is 11.6 Å². The minimum absolute atomic E-state index is 0.0689. The third-order valence-electron chi connectivity index (χ3n) is 6.40. The van der Waals surface area contributed by atoms with Crippen molar-refractivity contribution in [2.45, 2.75) is 12.5 Å². The third-order valence-corrected chi connectivity index (χ3v) is 6.65. The van der Waals surface area contributed by atoms with Gasteiger partial charge >= 0.3 is 0 Å². The molecule has 1 fully saturated rings. The van der Waals surface area contributed by atoms with Crippen LogP contribution in [0.15, 0.2) is 47.7 Å². The molecular weight excluding hydrogens is 470 g/mol. The topological polar surface area (TPSA) is 79.6 Å². The van der Waals surface area contributed by atoms with Crippen LogP contribution in [0.4, 0.5) is 0 Å². The molecule has 10 heteroatoms. The molecular formula is C25H32ClN5O4. The van der Waals surface area contributed by atoms with Crippen LogP contribution in [0.3, 0.4) is 0 Å². The Hall–Kier alpha value is -2.72. The lowest BCUT2D eigenvalue weighted by Crippen LogP contribution is -2.47. The van der Waals surface area contributed by atoms with Crippen molar-refractivity contribution in [2.24, 2.45) is 12.1 Å². The van der Waals surface area contributed by atoms with Crippen LogP contribution < -0.4 is 0 Å². The van der Waals surface area contributed by atoms with Gasteiger partial charge in [0.15, 0.2) is 0 Å². The summed E-state index contributed by atoms with van der Waals surface area (Å²) in [7, 11) is 3.43. The van der Waals surface area contributed by atoms with Gasteiger partial charge in [-0.25, -0.2) is 5.01 Å². The maximum Gasteiger partial charge on any atom is 0.262 e. The molecule has 0 unspecified atom stereocenters. The molecule has 1 saturated heterocycles. The van der Waals surface area contributed by atoms with Crippen molar-refractivity contribution in [3.63, 3.8) is 0 Å². The normalized spacial score (nSPS) is 18.5. The van der Waals surface area contributed by atoms with E-state index in [1.807, 2.05) is 54.2 Å². The second-order valence-electron chi connectivity index (χ2n) is 8.76. The van der Waals surface area contributed by atoms with E-state index in [4.69, 9.17) is 26.2 Å². The summed E-state index contributed by atoms with van der Waals surface area (Å²) in [6, 6.07) is 11.1. The molecule has 2 amide bonds. The number of carbonyl (C=O) groups is 2. The maximum atomic E-state index is 13.6. The molecule has 9 nitrogen and oxygen atoms in total. The number of rotatable bonds is 9. The van der Waals surface area contributed by atoms with Crippen molar-refractivity contribution in [1.29, 1.82) is 0 Å². The Kier molecular flexibility index (Phi) is 8.56. The lowest BCUT2D eigenvalue weighted by Gasteiger charge is -2.31. The molecule has 3 heterocycles. The smallest absolute Gasteiger partial charge is 0.262 e. The zero-order valence-electron chi connectivity index (χ0n) is 20.2. The second-order valence-corrected chi connectivity index (χ2v) is 9.20. The van der Waals surface area contributed by atoms with Gasteiger partial charge in [-0.2, -0.15) is 5.10 Å². The number of hydrogen-bond donors (Lipinski definition) is 0. The summed E-state index contributed by atoms with van der Waals surface area (Å²) in [5.41, 5.74) is 2.73. The Morgan fingerprint density at radius 1 is 1.20 bits per heavy atom. The standard InChI is InChI=1S/C25H32ClN5O4/c1-28-9-3-4-22(28)21-16-23(19-5-7-20(26)8-6-19)31(27-21)24(32)17-30(25(33)18-34-2)11-10-29-12-14-35-15-13-29/h3-9,23H,10-18H2,1-2H3/t23-/m1/s1. The molecule has 0 spiro atoms. The number of nitrogens with zero attached hydrogens (tertiary/aromatic N) is 5. The highest BCUT2D eigenvalue weighted by Gasteiger charge is 2.35. The Morgan fingerprint density at radius 3 is 2.60 bits per heavy atom. The lowest BCUT2D eigenvalue weighted by molar-refractivity contribution is -0.143. The van der Waals surface area contributed by atoms with Gasteiger partial charge in [0.05, 0.1) is 30.7 Å². The first kappa shape index (κ1) is 25.4. The molecule has 1 aromatic heterocycles. The molecule has 0 N–H and O–H groups in total. The first-order chi connectivity index (χ1) is 17.0. The maximum absolute atomic E-state index is 13.6. The van der Waals surface area contributed by atoms with Crippen molar-refractivity contribution in [1.82, 2.24) is 19.4 Å². The van der Waals surface area contributed by atoms with Gasteiger partial charge < -0.3 is 18.9 Å². The summed E-state index contributed by atoms with van der Waals surface area (Å²) in [5.74, 6) is -0.455. The Bertz CT molecular complexity index is 1050. The largest absolute Gasteiger partial charge is 0.379 e. The number of methoxy groups -OCH3 is 1. The van der Waals surface area contributed by atoms with E-state index in [0.717, 1.165) is 30.1 Å². The van der Waals surface area contributed by atoms with Crippen molar-refractivity contribution < 1.29 is 19.1 Å². The zero-order valence-corrected chi connectivity index (χ0v) is 21.0. The molecule has 0 aliphatic carbocycles. The number of morpholine rings is 1. The van der Waals surface area contributed by atoms with Gasteiger partial charge in [-0.3, -0.25) is 14.5 Å². The Balaban J connectivity index is 1.54. The predicted octanol–water partition coefficient (Wildman–Crippen LogP) is 2.16. The third kappa shape index (κ3) is 6.29. The number of carbonyl (C=O) groups excluding carboxylic acids is 2. The van der Waals surface area contributed by atoms with Gasteiger partial charge in [-0.05, 0) is 29.8 Å². The summed E-state index contributed by atoms with van der Waals surface area (Å²) >= 11 is 6.10. The van der Waals surface area contributed by atoms with Gasteiger partial charge in [0.25, 0.3) is 5.91 Å². The fourth-order valence-corrected chi connectivity index (χ4v) is 4.56. The van der Waals surface area contributed by atoms with E-state index in [1.54, 1.807) is 4.90 Å². The fraction of sp³-hybridized carbons (Fsp3) is 0.480. The van der Waals surface area contributed by atoms with Crippen LogP contribution in [0.2, 0.25) is 5.02 Å². The van der Waals surface area contributed by atoms with Crippen LogP contribution in [-0.2, 0) is 26.1 Å². The van der Waals surface area contributed by atoms with Gasteiger partial charge in [-0.15, -0.1) is 0 Å². The van der Waals surface area contributed by atoms with E-state index < -0.39 is 0 Å². The molecule has 4 rings (SSSR count). The number of ether oxygens (including phenoxy) is 2. The minimum atomic E-state index is -0.275. The van der Waals surface area contributed by atoms with Crippen LogP contribution in [0, 0.1) is 0 Å². The second kappa shape index (κ2) is 11.8. The number of amides is 2. The summed E-state index contributed by atoms with van der Waals surface area (Å²) in [6.07, 6.45) is 2.53. The molecule has 188 valence electrons. The fourth-order valence-electron chi connectivity index (χ4n) is 4.43. The van der Waals surface area contributed by atoms with E-state index in [9.17, 15) is 9.59 Å². The van der Waals surface area contributed by atoms with Crippen molar-refractivity contribution in [3.8, 4) is 0 Å². The van der Waals surface area contributed by atoms with E-state index in [1.165, 1.54) is 12.1 Å². The first-order valence-electron chi connectivity index (χ1n) is 11.8. The van der Waals surface area contributed by atoms with Gasteiger partial charge in [0, 0.05) is 58.0 Å². The number of halogens is 1.